The van der Waals surface area contributed by atoms with Crippen LogP contribution in [0.3, 0.4) is 0 Å². The third kappa shape index (κ3) is 2.35. The lowest BCUT2D eigenvalue weighted by molar-refractivity contribution is -0.142. The number of rotatable bonds is 4. The Hall–Kier alpha value is -2.18. The maximum Gasteiger partial charge on any atom is 0.327 e. The van der Waals surface area contributed by atoms with Crippen LogP contribution in [-0.4, -0.2) is 35.6 Å². The number of carboxylic acids is 1. The highest BCUT2D eigenvalue weighted by molar-refractivity contribution is 5.73. The van der Waals surface area contributed by atoms with Crippen molar-refractivity contribution in [1.82, 2.24) is 24.5 Å². The zero-order valence-corrected chi connectivity index (χ0v) is 11.4. The molecule has 1 N–H and O–H groups in total. The van der Waals surface area contributed by atoms with Gasteiger partial charge in [-0.3, -0.25) is 9.25 Å². The van der Waals surface area contributed by atoms with Gasteiger partial charge in [0.05, 0.1) is 11.8 Å². The van der Waals surface area contributed by atoms with Gasteiger partial charge in [-0.1, -0.05) is 13.8 Å². The summed E-state index contributed by atoms with van der Waals surface area (Å²) in [5, 5.41) is 21.6. The fraction of sp³-hybridized carbons (Fsp3) is 0.500. The molecule has 1 atom stereocenters. The van der Waals surface area contributed by atoms with Crippen LogP contribution in [0, 0.1) is 12.8 Å². The van der Waals surface area contributed by atoms with Gasteiger partial charge in [-0.2, -0.15) is 5.10 Å². The van der Waals surface area contributed by atoms with Crippen LogP contribution in [0.25, 0.3) is 11.4 Å². The molecule has 0 saturated carbocycles. The summed E-state index contributed by atoms with van der Waals surface area (Å²) in [6.07, 6.45) is 3.44. The molecule has 0 bridgehead atoms. The molecular formula is C12H17N5O2. The van der Waals surface area contributed by atoms with E-state index >= 15 is 0 Å². The molecule has 0 amide bonds. The van der Waals surface area contributed by atoms with Gasteiger partial charge in [-0.15, -0.1) is 10.2 Å². The van der Waals surface area contributed by atoms with Crippen molar-refractivity contribution in [3.63, 3.8) is 0 Å². The van der Waals surface area contributed by atoms with Gasteiger partial charge >= 0.3 is 5.97 Å². The molecule has 7 heteroatoms. The molecule has 7 nitrogen and oxygen atoms in total. The highest BCUT2D eigenvalue weighted by atomic mass is 16.4. The molecule has 2 aromatic heterocycles. The first-order valence-corrected chi connectivity index (χ1v) is 6.05. The largest absolute Gasteiger partial charge is 0.480 e. The van der Waals surface area contributed by atoms with Crippen LogP contribution in [0.2, 0.25) is 0 Å². The molecular weight excluding hydrogens is 246 g/mol. The Morgan fingerprint density at radius 1 is 1.37 bits per heavy atom. The Kier molecular flexibility index (Phi) is 3.37. The molecule has 0 fully saturated rings. The summed E-state index contributed by atoms with van der Waals surface area (Å²) in [4.78, 5) is 11.5. The van der Waals surface area contributed by atoms with Gasteiger partial charge in [0.25, 0.3) is 0 Å². The van der Waals surface area contributed by atoms with Gasteiger partial charge < -0.3 is 5.11 Å². The molecule has 19 heavy (non-hydrogen) atoms. The number of carbonyl (C=O) groups is 1. The van der Waals surface area contributed by atoms with E-state index in [1.54, 1.807) is 35.6 Å². The Bertz CT molecular complexity index is 599. The molecule has 2 aromatic rings. The topological polar surface area (TPSA) is 85.8 Å². The minimum atomic E-state index is -0.886. The van der Waals surface area contributed by atoms with Crippen LogP contribution in [0.15, 0.2) is 12.4 Å². The zero-order chi connectivity index (χ0) is 14.2. The number of nitrogens with zero attached hydrogens (tertiary/aromatic N) is 5. The van der Waals surface area contributed by atoms with Gasteiger partial charge in [0.2, 0.25) is 0 Å². The standard InChI is InChI=1S/C12H17N5O2/c1-7(2)10(12(18)19)17-8(3)14-15-11(17)9-5-13-16(4)6-9/h5-7,10H,1-4H3,(H,18,19). The van der Waals surface area contributed by atoms with E-state index in [-0.39, 0.29) is 5.92 Å². The molecule has 2 rings (SSSR count). The van der Waals surface area contributed by atoms with Crippen molar-refractivity contribution in [2.45, 2.75) is 26.8 Å². The summed E-state index contributed by atoms with van der Waals surface area (Å²) in [6.45, 7) is 5.49. The van der Waals surface area contributed by atoms with Gasteiger partial charge in [0.15, 0.2) is 5.82 Å². The molecule has 0 aromatic carbocycles. The maximum absolute atomic E-state index is 11.5. The lowest BCUT2D eigenvalue weighted by Crippen LogP contribution is -2.25. The second-order valence-corrected chi connectivity index (χ2v) is 4.87. The first kappa shape index (κ1) is 13.3. The van der Waals surface area contributed by atoms with Gasteiger partial charge in [-0.05, 0) is 12.8 Å². The smallest absolute Gasteiger partial charge is 0.327 e. The van der Waals surface area contributed by atoms with E-state index in [9.17, 15) is 9.90 Å². The van der Waals surface area contributed by atoms with Crippen LogP contribution in [-0.2, 0) is 11.8 Å². The SMILES string of the molecule is Cc1nnc(-c2cnn(C)c2)n1C(C(=O)O)C(C)C. The van der Waals surface area contributed by atoms with E-state index in [0.717, 1.165) is 5.56 Å². The first-order chi connectivity index (χ1) is 8.91. The highest BCUT2D eigenvalue weighted by Gasteiger charge is 2.28. The van der Waals surface area contributed by atoms with E-state index in [2.05, 4.69) is 15.3 Å². The summed E-state index contributed by atoms with van der Waals surface area (Å²) in [5.41, 5.74) is 0.759. The Morgan fingerprint density at radius 2 is 2.05 bits per heavy atom. The van der Waals surface area contributed by atoms with Crippen LogP contribution >= 0.6 is 0 Å². The Balaban J connectivity index is 2.57. The van der Waals surface area contributed by atoms with E-state index in [0.29, 0.717) is 11.6 Å². The summed E-state index contributed by atoms with van der Waals surface area (Å²) in [5.74, 6) is 0.164. The van der Waals surface area contributed by atoms with Crippen molar-refractivity contribution in [3.8, 4) is 11.4 Å². The number of aliphatic carboxylic acids is 1. The lowest BCUT2D eigenvalue weighted by atomic mass is 10.0. The third-order valence-corrected chi connectivity index (χ3v) is 2.99. The van der Waals surface area contributed by atoms with Crippen molar-refractivity contribution in [2.75, 3.05) is 0 Å². The molecule has 0 spiro atoms. The summed E-state index contributed by atoms with van der Waals surface area (Å²) >= 11 is 0. The average Bonchev–Trinajstić information content (AvgIpc) is 2.86. The third-order valence-electron chi connectivity index (χ3n) is 2.99. The quantitative estimate of drug-likeness (QED) is 0.897. The Morgan fingerprint density at radius 3 is 2.53 bits per heavy atom. The van der Waals surface area contributed by atoms with Crippen molar-refractivity contribution in [2.24, 2.45) is 13.0 Å². The van der Waals surface area contributed by atoms with Gasteiger partial charge in [0.1, 0.15) is 11.9 Å². The molecule has 0 aliphatic rings. The molecule has 2 heterocycles. The number of hydrogen-bond donors (Lipinski definition) is 1. The van der Waals surface area contributed by atoms with E-state index in [1.165, 1.54) is 0 Å². The first-order valence-electron chi connectivity index (χ1n) is 6.05. The number of aromatic nitrogens is 5. The van der Waals surface area contributed by atoms with E-state index in [1.807, 2.05) is 13.8 Å². The fourth-order valence-corrected chi connectivity index (χ4v) is 2.13. The molecule has 0 radical (unpaired) electrons. The van der Waals surface area contributed by atoms with Crippen molar-refractivity contribution in [1.29, 1.82) is 0 Å². The average molecular weight is 263 g/mol. The minimum Gasteiger partial charge on any atom is -0.480 e. The molecule has 102 valence electrons. The monoisotopic (exact) mass is 263 g/mol. The normalized spacial score (nSPS) is 12.9. The second-order valence-electron chi connectivity index (χ2n) is 4.87. The number of carboxylic acid groups (broad SMARTS) is 1. The summed E-state index contributed by atoms with van der Waals surface area (Å²) in [6, 6.07) is -0.690. The minimum absolute atomic E-state index is 0.0670. The van der Waals surface area contributed by atoms with Crippen LogP contribution in [0.4, 0.5) is 0 Å². The van der Waals surface area contributed by atoms with Crippen molar-refractivity contribution < 1.29 is 9.90 Å². The summed E-state index contributed by atoms with van der Waals surface area (Å²) in [7, 11) is 1.80. The highest BCUT2D eigenvalue weighted by Crippen LogP contribution is 2.26. The van der Waals surface area contributed by atoms with Gasteiger partial charge in [0, 0.05) is 13.2 Å². The fourth-order valence-electron chi connectivity index (χ4n) is 2.13. The number of aryl methyl sites for hydroxylation is 2. The maximum atomic E-state index is 11.5. The second kappa shape index (κ2) is 4.83. The zero-order valence-electron chi connectivity index (χ0n) is 11.4. The molecule has 0 saturated heterocycles. The molecule has 0 aliphatic heterocycles. The lowest BCUT2D eigenvalue weighted by Gasteiger charge is -2.20. The van der Waals surface area contributed by atoms with Crippen LogP contribution in [0.1, 0.15) is 25.7 Å². The van der Waals surface area contributed by atoms with E-state index in [4.69, 9.17) is 0 Å². The number of hydrogen-bond acceptors (Lipinski definition) is 4. The summed E-state index contributed by atoms with van der Waals surface area (Å²) < 4.78 is 3.30. The van der Waals surface area contributed by atoms with Crippen LogP contribution in [0.5, 0.6) is 0 Å². The Labute approximate surface area is 110 Å². The van der Waals surface area contributed by atoms with Gasteiger partial charge in [-0.25, -0.2) is 4.79 Å². The predicted octanol–water partition coefficient (Wildman–Crippen LogP) is 1.27. The molecule has 0 aliphatic carbocycles. The van der Waals surface area contributed by atoms with Crippen molar-refractivity contribution >= 4 is 5.97 Å². The van der Waals surface area contributed by atoms with E-state index < -0.39 is 12.0 Å². The van der Waals surface area contributed by atoms with Crippen LogP contribution < -0.4 is 0 Å². The van der Waals surface area contributed by atoms with Crippen molar-refractivity contribution in [3.05, 3.63) is 18.2 Å². The predicted molar refractivity (Wildman–Crippen MR) is 68.5 cm³/mol. The molecule has 1 unspecified atom stereocenters.